The lowest BCUT2D eigenvalue weighted by Crippen LogP contribution is -2.43. The number of benzene rings is 1. The maximum Gasteiger partial charge on any atom is 0.278 e. The Balaban J connectivity index is 1.29. The average Bonchev–Trinajstić information content (AvgIpc) is 3.21. The molecular formula is C25H35N5O3S. The monoisotopic (exact) mass is 485 g/mol. The van der Waals surface area contributed by atoms with Crippen molar-refractivity contribution in [3.8, 4) is 5.75 Å². The molecule has 9 heteroatoms. The normalized spacial score (nSPS) is 16.8. The molecule has 0 bridgehead atoms. The standard InChI is InChI=1S/C25H35N5O3S/c1-3-17-8-4-6-13-29(17)15-12-26-21(31)9-5-7-14-30-24(32)23-22(28-25(30)34)19-16-18(33-2)10-11-20(19)27-23/h10-11,16-17,27H,3-9,12-15H2,1-2H3,(H,26,31)(H,28,34). The van der Waals surface area contributed by atoms with Crippen LogP contribution in [0.4, 0.5) is 0 Å². The molecule has 3 N–H and O–H groups in total. The lowest BCUT2D eigenvalue weighted by atomic mass is 10.0. The van der Waals surface area contributed by atoms with Gasteiger partial charge in [-0.1, -0.05) is 13.3 Å². The van der Waals surface area contributed by atoms with E-state index >= 15 is 0 Å². The number of nitrogens with one attached hydrogen (secondary N) is 3. The Morgan fingerprint density at radius 1 is 1.21 bits per heavy atom. The number of hydrogen-bond acceptors (Lipinski definition) is 5. The molecule has 184 valence electrons. The first-order valence-corrected chi connectivity index (χ1v) is 12.8. The van der Waals surface area contributed by atoms with Crippen LogP contribution in [0.5, 0.6) is 5.75 Å². The van der Waals surface area contributed by atoms with Crippen LogP contribution in [0.15, 0.2) is 23.0 Å². The summed E-state index contributed by atoms with van der Waals surface area (Å²) in [7, 11) is 1.61. The molecule has 0 spiro atoms. The van der Waals surface area contributed by atoms with E-state index < -0.39 is 0 Å². The van der Waals surface area contributed by atoms with Crippen LogP contribution in [0.25, 0.3) is 21.9 Å². The zero-order valence-electron chi connectivity index (χ0n) is 20.1. The number of nitrogens with zero attached hydrogens (tertiary/aromatic N) is 2. The predicted octanol–water partition coefficient (Wildman–Crippen LogP) is 4.10. The molecule has 34 heavy (non-hydrogen) atoms. The highest BCUT2D eigenvalue weighted by molar-refractivity contribution is 7.71. The topological polar surface area (TPSA) is 95.2 Å². The van der Waals surface area contributed by atoms with Crippen LogP contribution >= 0.6 is 12.2 Å². The average molecular weight is 486 g/mol. The highest BCUT2D eigenvalue weighted by atomic mass is 32.1. The van der Waals surface area contributed by atoms with Crippen LogP contribution in [0.2, 0.25) is 0 Å². The van der Waals surface area contributed by atoms with Gasteiger partial charge in [-0.2, -0.15) is 0 Å². The van der Waals surface area contributed by atoms with E-state index in [-0.39, 0.29) is 11.5 Å². The van der Waals surface area contributed by atoms with Crippen molar-refractivity contribution < 1.29 is 9.53 Å². The number of amides is 1. The van der Waals surface area contributed by atoms with Gasteiger partial charge in [0.2, 0.25) is 5.91 Å². The minimum atomic E-state index is -0.148. The Kier molecular flexibility index (Phi) is 8.05. The number of H-pyrrole nitrogens is 2. The van der Waals surface area contributed by atoms with Gasteiger partial charge in [-0.25, -0.2) is 0 Å². The number of piperidine rings is 1. The number of methoxy groups -OCH3 is 1. The molecule has 1 aliphatic heterocycles. The maximum atomic E-state index is 13.1. The fourth-order valence-corrected chi connectivity index (χ4v) is 5.27. The maximum absolute atomic E-state index is 13.1. The molecule has 1 atom stereocenters. The summed E-state index contributed by atoms with van der Waals surface area (Å²) in [6.45, 7) is 5.47. The second kappa shape index (κ2) is 11.2. The van der Waals surface area contributed by atoms with Gasteiger partial charge in [-0.3, -0.25) is 19.1 Å². The molecule has 0 aliphatic carbocycles. The zero-order chi connectivity index (χ0) is 24.1. The fraction of sp³-hybridized carbons (Fsp3) is 0.560. The third kappa shape index (κ3) is 5.36. The van der Waals surface area contributed by atoms with Crippen molar-refractivity contribution in [3.63, 3.8) is 0 Å². The summed E-state index contributed by atoms with van der Waals surface area (Å²) in [5.74, 6) is 0.791. The first-order valence-electron chi connectivity index (χ1n) is 12.3. The number of aromatic amines is 2. The molecule has 1 unspecified atom stereocenters. The largest absolute Gasteiger partial charge is 0.497 e. The molecule has 2 aromatic heterocycles. The second-order valence-electron chi connectivity index (χ2n) is 9.07. The molecular weight excluding hydrogens is 450 g/mol. The lowest BCUT2D eigenvalue weighted by Gasteiger charge is -2.35. The second-order valence-corrected chi connectivity index (χ2v) is 9.46. The van der Waals surface area contributed by atoms with Gasteiger partial charge in [-0.15, -0.1) is 0 Å². The van der Waals surface area contributed by atoms with Gasteiger partial charge in [0, 0.05) is 43.0 Å². The van der Waals surface area contributed by atoms with Gasteiger partial charge in [-0.05, 0) is 69.1 Å². The number of ether oxygens (including phenoxy) is 1. The van der Waals surface area contributed by atoms with E-state index in [2.05, 4.69) is 27.1 Å². The summed E-state index contributed by atoms with van der Waals surface area (Å²) >= 11 is 5.48. The number of unbranched alkanes of at least 4 members (excludes halogenated alkanes) is 1. The van der Waals surface area contributed by atoms with Crippen molar-refractivity contribution >= 4 is 40.1 Å². The minimum Gasteiger partial charge on any atom is -0.497 e. The molecule has 0 radical (unpaired) electrons. The fourth-order valence-electron chi connectivity index (χ4n) is 4.99. The Labute approximate surface area is 204 Å². The summed E-state index contributed by atoms with van der Waals surface area (Å²) in [5, 5.41) is 3.92. The highest BCUT2D eigenvalue weighted by Crippen LogP contribution is 2.26. The first-order chi connectivity index (χ1) is 16.5. The minimum absolute atomic E-state index is 0.0718. The van der Waals surface area contributed by atoms with Crippen molar-refractivity contribution in [2.24, 2.45) is 0 Å². The van der Waals surface area contributed by atoms with Crippen molar-refractivity contribution in [2.75, 3.05) is 26.7 Å². The molecule has 1 amide bonds. The van der Waals surface area contributed by atoms with E-state index in [0.29, 0.717) is 54.2 Å². The SMILES string of the molecule is CCC1CCCCN1CCNC(=O)CCCCn1c(=S)[nH]c2c([nH]c3ccc(OC)cc32)c1=O. The van der Waals surface area contributed by atoms with E-state index in [1.807, 2.05) is 18.2 Å². The van der Waals surface area contributed by atoms with Crippen LogP contribution in [-0.2, 0) is 11.3 Å². The number of fused-ring (bicyclic) bond motifs is 3. The third-order valence-electron chi connectivity index (χ3n) is 6.92. The number of likely N-dealkylation sites (tertiary alicyclic amines) is 1. The van der Waals surface area contributed by atoms with E-state index in [1.54, 1.807) is 11.7 Å². The number of aromatic nitrogens is 3. The quantitative estimate of drug-likeness (QED) is 0.297. The molecule has 1 saturated heterocycles. The van der Waals surface area contributed by atoms with Crippen molar-refractivity contribution in [1.82, 2.24) is 24.8 Å². The van der Waals surface area contributed by atoms with Gasteiger partial charge in [0.1, 0.15) is 11.3 Å². The van der Waals surface area contributed by atoms with Crippen molar-refractivity contribution in [1.29, 1.82) is 0 Å². The molecule has 1 aromatic carbocycles. The lowest BCUT2D eigenvalue weighted by molar-refractivity contribution is -0.121. The van der Waals surface area contributed by atoms with E-state index in [0.717, 1.165) is 29.7 Å². The van der Waals surface area contributed by atoms with Gasteiger partial charge in [0.15, 0.2) is 4.77 Å². The van der Waals surface area contributed by atoms with Crippen molar-refractivity contribution in [2.45, 2.75) is 64.5 Å². The third-order valence-corrected chi connectivity index (χ3v) is 7.24. The van der Waals surface area contributed by atoms with Crippen molar-refractivity contribution in [3.05, 3.63) is 33.3 Å². The van der Waals surface area contributed by atoms with Crippen LogP contribution in [0.3, 0.4) is 0 Å². The Hall–Kier alpha value is -2.65. The first kappa shape index (κ1) is 24.5. The molecule has 1 fully saturated rings. The van der Waals surface area contributed by atoms with E-state index in [9.17, 15) is 9.59 Å². The van der Waals surface area contributed by atoms with E-state index in [4.69, 9.17) is 17.0 Å². The summed E-state index contributed by atoms with van der Waals surface area (Å²) in [5.41, 5.74) is 1.89. The molecule has 8 nitrogen and oxygen atoms in total. The number of carbonyl (C=O) groups is 1. The Bertz CT molecular complexity index is 1260. The van der Waals surface area contributed by atoms with Gasteiger partial charge in [0.25, 0.3) is 5.56 Å². The summed E-state index contributed by atoms with van der Waals surface area (Å²) in [4.78, 5) is 34.2. The Morgan fingerprint density at radius 2 is 2.06 bits per heavy atom. The highest BCUT2D eigenvalue weighted by Gasteiger charge is 2.20. The van der Waals surface area contributed by atoms with E-state index in [1.165, 1.54) is 25.7 Å². The van der Waals surface area contributed by atoms with Crippen LogP contribution in [-0.4, -0.2) is 58.1 Å². The predicted molar refractivity (Wildman–Crippen MR) is 138 cm³/mol. The van der Waals surface area contributed by atoms with Crippen LogP contribution < -0.4 is 15.6 Å². The summed E-state index contributed by atoms with van der Waals surface area (Å²) < 4.78 is 7.26. The number of hydrogen-bond donors (Lipinski definition) is 3. The molecule has 1 aliphatic rings. The zero-order valence-corrected chi connectivity index (χ0v) is 20.9. The molecule has 3 aromatic rings. The van der Waals surface area contributed by atoms with Gasteiger partial charge >= 0.3 is 0 Å². The molecule has 0 saturated carbocycles. The number of carbonyl (C=O) groups excluding carboxylic acids is 1. The van der Waals surface area contributed by atoms with Gasteiger partial charge in [0.05, 0.1) is 12.6 Å². The van der Waals surface area contributed by atoms with Crippen LogP contribution in [0.1, 0.15) is 51.9 Å². The Morgan fingerprint density at radius 3 is 2.85 bits per heavy atom. The molecule has 3 heterocycles. The molecule has 4 rings (SSSR count). The smallest absolute Gasteiger partial charge is 0.278 e. The summed E-state index contributed by atoms with van der Waals surface area (Å²) in [6.07, 6.45) is 6.88. The number of rotatable bonds is 10. The summed E-state index contributed by atoms with van der Waals surface area (Å²) in [6, 6.07) is 6.28. The van der Waals surface area contributed by atoms with Crippen LogP contribution in [0, 0.1) is 4.77 Å². The van der Waals surface area contributed by atoms with Gasteiger partial charge < -0.3 is 20.0 Å².